The fourth-order valence-corrected chi connectivity index (χ4v) is 1.06. The largest absolute Gasteiger partial charge is 0.480 e. The molecule has 1 heterocycles. The molecular weight excluding hydrogens is 188 g/mol. The standard InChI is InChI=1S/C8H12N2O2S/c1-12-7-3-4-8(11)10(9-7)5-2-6-13/h3-4,13H,2,5-6H2,1H3. The van der Waals surface area contributed by atoms with Crippen molar-refractivity contribution in [2.24, 2.45) is 0 Å². The number of aromatic nitrogens is 2. The molecule has 0 unspecified atom stereocenters. The summed E-state index contributed by atoms with van der Waals surface area (Å²) in [6, 6.07) is 3.00. The second-order valence-electron chi connectivity index (χ2n) is 2.51. The van der Waals surface area contributed by atoms with E-state index in [1.54, 1.807) is 6.07 Å². The van der Waals surface area contributed by atoms with E-state index in [9.17, 15) is 4.79 Å². The number of ether oxygens (including phenoxy) is 1. The SMILES string of the molecule is COc1ccc(=O)n(CCCS)n1. The Morgan fingerprint density at radius 2 is 2.38 bits per heavy atom. The van der Waals surface area contributed by atoms with E-state index in [0.717, 1.165) is 12.2 Å². The van der Waals surface area contributed by atoms with Crippen LogP contribution in [0.1, 0.15) is 6.42 Å². The van der Waals surface area contributed by atoms with Crippen molar-refractivity contribution in [2.75, 3.05) is 12.9 Å². The van der Waals surface area contributed by atoms with Gasteiger partial charge in [0.25, 0.3) is 5.56 Å². The quantitative estimate of drug-likeness (QED) is 0.723. The van der Waals surface area contributed by atoms with Crippen molar-refractivity contribution < 1.29 is 4.74 Å². The molecule has 5 heteroatoms. The summed E-state index contributed by atoms with van der Waals surface area (Å²) in [7, 11) is 1.52. The lowest BCUT2D eigenvalue weighted by Gasteiger charge is -2.04. The van der Waals surface area contributed by atoms with Gasteiger partial charge in [0.15, 0.2) is 0 Å². The summed E-state index contributed by atoms with van der Waals surface area (Å²) in [6.45, 7) is 0.583. The minimum absolute atomic E-state index is 0.109. The van der Waals surface area contributed by atoms with Gasteiger partial charge in [0.2, 0.25) is 5.88 Å². The van der Waals surface area contributed by atoms with Crippen molar-refractivity contribution in [1.82, 2.24) is 9.78 Å². The average molecular weight is 200 g/mol. The Balaban J connectivity index is 2.84. The first kappa shape index (κ1) is 10.1. The number of hydrogen-bond donors (Lipinski definition) is 1. The fourth-order valence-electron chi connectivity index (χ4n) is 0.920. The average Bonchev–Trinajstić information content (AvgIpc) is 2.17. The molecule has 0 amide bonds. The maximum Gasteiger partial charge on any atom is 0.266 e. The monoisotopic (exact) mass is 200 g/mol. The van der Waals surface area contributed by atoms with Crippen LogP contribution in [0.15, 0.2) is 16.9 Å². The number of hydrogen-bond acceptors (Lipinski definition) is 4. The van der Waals surface area contributed by atoms with Crippen molar-refractivity contribution in [2.45, 2.75) is 13.0 Å². The summed E-state index contributed by atoms with van der Waals surface area (Å²) in [5.41, 5.74) is -0.109. The smallest absolute Gasteiger partial charge is 0.266 e. The summed E-state index contributed by atoms with van der Waals surface area (Å²) >= 11 is 4.06. The second kappa shape index (κ2) is 4.91. The molecule has 1 rings (SSSR count). The molecule has 0 aliphatic heterocycles. The summed E-state index contributed by atoms with van der Waals surface area (Å²) in [5, 5.41) is 3.98. The fraction of sp³-hybridized carbons (Fsp3) is 0.500. The zero-order valence-corrected chi connectivity index (χ0v) is 8.33. The molecule has 0 spiro atoms. The zero-order chi connectivity index (χ0) is 9.68. The summed E-state index contributed by atoms with van der Waals surface area (Å²) < 4.78 is 6.28. The molecule has 1 aromatic heterocycles. The zero-order valence-electron chi connectivity index (χ0n) is 7.43. The van der Waals surface area contributed by atoms with Gasteiger partial charge >= 0.3 is 0 Å². The summed E-state index contributed by atoms with van der Waals surface area (Å²) in [5.74, 6) is 1.20. The van der Waals surface area contributed by atoms with Crippen molar-refractivity contribution in [1.29, 1.82) is 0 Å². The number of rotatable bonds is 4. The first-order valence-electron chi connectivity index (χ1n) is 4.01. The molecular formula is C8H12N2O2S. The van der Waals surface area contributed by atoms with Crippen molar-refractivity contribution in [3.8, 4) is 5.88 Å². The van der Waals surface area contributed by atoms with E-state index in [0.29, 0.717) is 12.4 Å². The van der Waals surface area contributed by atoms with Crippen LogP contribution < -0.4 is 10.3 Å². The highest BCUT2D eigenvalue weighted by molar-refractivity contribution is 7.80. The van der Waals surface area contributed by atoms with E-state index in [-0.39, 0.29) is 5.56 Å². The highest BCUT2D eigenvalue weighted by atomic mass is 32.1. The number of nitrogens with zero attached hydrogens (tertiary/aromatic N) is 2. The summed E-state index contributed by atoms with van der Waals surface area (Å²) in [4.78, 5) is 11.2. The normalized spacial score (nSPS) is 10.0. The third-order valence-electron chi connectivity index (χ3n) is 1.58. The van der Waals surface area contributed by atoms with Crippen molar-refractivity contribution in [3.05, 3.63) is 22.5 Å². The van der Waals surface area contributed by atoms with Gasteiger partial charge in [0.05, 0.1) is 7.11 Å². The maximum atomic E-state index is 11.2. The Hall–Kier alpha value is -0.970. The molecule has 0 aliphatic rings. The van der Waals surface area contributed by atoms with Crippen LogP contribution in [-0.2, 0) is 6.54 Å². The Morgan fingerprint density at radius 1 is 1.62 bits per heavy atom. The number of aryl methyl sites for hydroxylation is 1. The molecule has 0 saturated carbocycles. The van der Waals surface area contributed by atoms with Crippen LogP contribution >= 0.6 is 12.6 Å². The van der Waals surface area contributed by atoms with E-state index >= 15 is 0 Å². The first-order valence-corrected chi connectivity index (χ1v) is 4.64. The molecule has 4 nitrogen and oxygen atoms in total. The lowest BCUT2D eigenvalue weighted by atomic mass is 10.4. The molecule has 1 aromatic rings. The van der Waals surface area contributed by atoms with Crippen LogP contribution in [0.25, 0.3) is 0 Å². The Bertz CT molecular complexity index is 324. The van der Waals surface area contributed by atoms with Crippen molar-refractivity contribution >= 4 is 12.6 Å². The molecule has 13 heavy (non-hydrogen) atoms. The molecule has 0 atom stereocenters. The summed E-state index contributed by atoms with van der Waals surface area (Å²) in [6.07, 6.45) is 0.823. The van der Waals surface area contributed by atoms with Crippen LogP contribution in [-0.4, -0.2) is 22.6 Å². The van der Waals surface area contributed by atoms with Crippen LogP contribution in [0, 0.1) is 0 Å². The van der Waals surface area contributed by atoms with E-state index in [4.69, 9.17) is 4.74 Å². The first-order chi connectivity index (χ1) is 6.27. The molecule has 0 N–H and O–H groups in total. The predicted octanol–water partition coefficient (Wildman–Crippen LogP) is 0.572. The molecule has 72 valence electrons. The van der Waals surface area contributed by atoms with Gasteiger partial charge in [0.1, 0.15) is 0 Å². The maximum absolute atomic E-state index is 11.2. The minimum Gasteiger partial charge on any atom is -0.480 e. The van der Waals surface area contributed by atoms with Gasteiger partial charge in [-0.15, -0.1) is 5.10 Å². The van der Waals surface area contributed by atoms with Crippen LogP contribution in [0.5, 0.6) is 5.88 Å². The second-order valence-corrected chi connectivity index (χ2v) is 2.96. The van der Waals surface area contributed by atoms with Gasteiger partial charge in [-0.1, -0.05) is 0 Å². The molecule has 0 saturated heterocycles. The van der Waals surface area contributed by atoms with E-state index in [2.05, 4.69) is 17.7 Å². The van der Waals surface area contributed by atoms with Crippen molar-refractivity contribution in [3.63, 3.8) is 0 Å². The van der Waals surface area contributed by atoms with E-state index in [1.165, 1.54) is 17.9 Å². The van der Waals surface area contributed by atoms with E-state index < -0.39 is 0 Å². The van der Waals surface area contributed by atoms with Gasteiger partial charge in [0, 0.05) is 18.7 Å². The molecule has 0 fully saturated rings. The van der Waals surface area contributed by atoms with Gasteiger partial charge < -0.3 is 4.74 Å². The third-order valence-corrected chi connectivity index (χ3v) is 1.90. The lowest BCUT2D eigenvalue weighted by molar-refractivity contribution is 0.375. The Kier molecular flexibility index (Phi) is 3.82. The van der Waals surface area contributed by atoms with Crippen LogP contribution in [0.3, 0.4) is 0 Å². The minimum atomic E-state index is -0.109. The van der Waals surface area contributed by atoms with Crippen LogP contribution in [0.4, 0.5) is 0 Å². The topological polar surface area (TPSA) is 44.1 Å². The highest BCUT2D eigenvalue weighted by Gasteiger charge is 1.98. The molecule has 0 radical (unpaired) electrons. The predicted molar refractivity (Wildman–Crippen MR) is 53.5 cm³/mol. The van der Waals surface area contributed by atoms with Gasteiger partial charge in [-0.3, -0.25) is 4.79 Å². The van der Waals surface area contributed by atoms with Gasteiger partial charge in [-0.2, -0.15) is 12.6 Å². The van der Waals surface area contributed by atoms with Crippen LogP contribution in [0.2, 0.25) is 0 Å². The molecule has 0 aliphatic carbocycles. The molecule has 0 bridgehead atoms. The van der Waals surface area contributed by atoms with Gasteiger partial charge in [-0.25, -0.2) is 4.68 Å². The third kappa shape index (κ3) is 2.77. The van der Waals surface area contributed by atoms with E-state index in [1.807, 2.05) is 0 Å². The number of thiol groups is 1. The highest BCUT2D eigenvalue weighted by Crippen LogP contribution is 1.99. The lowest BCUT2D eigenvalue weighted by Crippen LogP contribution is -2.22. The molecule has 0 aromatic carbocycles. The van der Waals surface area contributed by atoms with Gasteiger partial charge in [-0.05, 0) is 12.2 Å². The Morgan fingerprint density at radius 3 is 3.00 bits per heavy atom. The number of methoxy groups -OCH3 is 1. The Labute approximate surface area is 81.9 Å².